The molecule has 0 atom stereocenters. The zero-order valence-electron chi connectivity index (χ0n) is 8.99. The van der Waals surface area contributed by atoms with Gasteiger partial charge >= 0.3 is 12.1 Å². The number of nitrogens with zero attached hydrogens (tertiary/aromatic N) is 4. The molecule has 4 N–H and O–H groups in total. The standard InChI is InChI=1S/2C3H7N3O2/c2*1-2-6(5-8)3(4)7/h2*2H2,1H3,(H2,4,7). The average Bonchev–Trinajstić information content (AvgIpc) is 2.21. The molecule has 0 rings (SSSR count). The summed E-state index contributed by atoms with van der Waals surface area (Å²) in [5, 5.41) is 5.88. The van der Waals surface area contributed by atoms with E-state index < -0.39 is 12.1 Å². The van der Waals surface area contributed by atoms with Crippen LogP contribution >= 0.6 is 0 Å². The fraction of sp³-hybridized carbons (Fsp3) is 0.667. The highest BCUT2D eigenvalue weighted by molar-refractivity contribution is 5.71. The van der Waals surface area contributed by atoms with Gasteiger partial charge in [-0.15, -0.1) is 9.81 Å². The molecule has 0 saturated heterocycles. The number of nitroso groups, excluding NO2 is 2. The van der Waals surface area contributed by atoms with Crippen LogP contribution in [0.2, 0.25) is 0 Å². The van der Waals surface area contributed by atoms with E-state index in [1.165, 1.54) is 0 Å². The van der Waals surface area contributed by atoms with Gasteiger partial charge in [0.25, 0.3) is 0 Å². The zero-order chi connectivity index (χ0) is 13.1. The van der Waals surface area contributed by atoms with Crippen molar-refractivity contribution in [3.8, 4) is 0 Å². The van der Waals surface area contributed by atoms with Crippen LogP contribution in [0, 0.1) is 9.81 Å². The highest BCUT2D eigenvalue weighted by Crippen LogP contribution is 1.84. The molecule has 92 valence electrons. The number of nitrogens with two attached hydrogens (primary N) is 2. The van der Waals surface area contributed by atoms with E-state index in [0.717, 1.165) is 0 Å². The topological polar surface area (TPSA) is 152 Å². The molecule has 4 amide bonds. The van der Waals surface area contributed by atoms with Crippen molar-refractivity contribution in [1.29, 1.82) is 0 Å². The Morgan fingerprint density at radius 3 is 1.19 bits per heavy atom. The van der Waals surface area contributed by atoms with Gasteiger partial charge in [-0.25, -0.2) is 9.59 Å². The van der Waals surface area contributed by atoms with E-state index in [-0.39, 0.29) is 13.1 Å². The molecular formula is C6H14N6O4. The van der Waals surface area contributed by atoms with Crippen LogP contribution in [-0.2, 0) is 0 Å². The Bertz CT molecular complexity index is 231. The summed E-state index contributed by atoms with van der Waals surface area (Å²) in [6, 6.07) is -1.63. The maximum Gasteiger partial charge on any atom is 0.337 e. The minimum atomic E-state index is -0.817. The van der Waals surface area contributed by atoms with Crippen LogP contribution in [0.5, 0.6) is 0 Å². The van der Waals surface area contributed by atoms with Crippen molar-refractivity contribution in [2.75, 3.05) is 13.1 Å². The van der Waals surface area contributed by atoms with Gasteiger partial charge in [0.2, 0.25) is 0 Å². The Morgan fingerprint density at radius 2 is 1.19 bits per heavy atom. The van der Waals surface area contributed by atoms with Gasteiger partial charge in [0.15, 0.2) is 0 Å². The van der Waals surface area contributed by atoms with Gasteiger partial charge in [-0.1, -0.05) is 0 Å². The van der Waals surface area contributed by atoms with Crippen LogP contribution in [-0.4, -0.2) is 35.2 Å². The fourth-order valence-corrected chi connectivity index (χ4v) is 0.508. The van der Waals surface area contributed by atoms with Crippen LogP contribution < -0.4 is 11.5 Å². The molecule has 0 aromatic rings. The predicted molar refractivity (Wildman–Crippen MR) is 55.5 cm³/mol. The minimum absolute atomic E-state index is 0.221. The average molecular weight is 234 g/mol. The summed E-state index contributed by atoms with van der Waals surface area (Å²) in [6.45, 7) is 3.65. The lowest BCUT2D eigenvalue weighted by Crippen LogP contribution is -2.30. The molecule has 0 aromatic carbocycles. The molecular weight excluding hydrogens is 220 g/mol. The molecule has 0 heterocycles. The molecule has 0 aromatic heterocycles. The Hall–Kier alpha value is -2.26. The molecule has 0 bridgehead atoms. The molecule has 0 aliphatic carbocycles. The van der Waals surface area contributed by atoms with E-state index in [9.17, 15) is 19.4 Å². The van der Waals surface area contributed by atoms with E-state index >= 15 is 0 Å². The molecule has 0 aliphatic rings. The summed E-state index contributed by atoms with van der Waals surface area (Å²) in [6.07, 6.45) is 0. The second kappa shape index (κ2) is 9.30. The second-order valence-corrected chi connectivity index (χ2v) is 2.27. The van der Waals surface area contributed by atoms with Crippen LogP contribution in [0.3, 0.4) is 0 Å². The second-order valence-electron chi connectivity index (χ2n) is 2.27. The number of carbonyl (C=O) groups is 2. The number of rotatable bonds is 4. The number of carbonyl (C=O) groups excluding carboxylic acids is 2. The number of hydrogen-bond donors (Lipinski definition) is 2. The smallest absolute Gasteiger partial charge is 0.337 e. The van der Waals surface area contributed by atoms with Gasteiger partial charge < -0.3 is 11.5 Å². The van der Waals surface area contributed by atoms with Crippen molar-refractivity contribution in [2.24, 2.45) is 22.0 Å². The number of amides is 4. The highest BCUT2D eigenvalue weighted by atomic mass is 16.3. The highest BCUT2D eigenvalue weighted by Gasteiger charge is 2.03. The molecule has 0 saturated carbocycles. The number of primary amides is 2. The Morgan fingerprint density at radius 1 is 0.938 bits per heavy atom. The first-order valence-corrected chi connectivity index (χ1v) is 4.24. The summed E-state index contributed by atoms with van der Waals surface area (Å²) >= 11 is 0. The molecule has 0 fully saturated rings. The Labute approximate surface area is 91.4 Å². The Balaban J connectivity index is 0. The van der Waals surface area contributed by atoms with Crippen LogP contribution in [0.25, 0.3) is 0 Å². The molecule has 10 nitrogen and oxygen atoms in total. The first kappa shape index (κ1) is 16.2. The molecule has 0 unspecified atom stereocenters. The van der Waals surface area contributed by atoms with Gasteiger partial charge in [-0.05, 0) is 13.8 Å². The van der Waals surface area contributed by atoms with Gasteiger partial charge in [0, 0.05) is 13.1 Å². The van der Waals surface area contributed by atoms with Gasteiger partial charge in [0.05, 0.1) is 10.6 Å². The summed E-state index contributed by atoms with van der Waals surface area (Å²) < 4.78 is 0. The third-order valence-corrected chi connectivity index (χ3v) is 1.30. The van der Waals surface area contributed by atoms with Crippen LogP contribution in [0.4, 0.5) is 9.59 Å². The first-order valence-electron chi connectivity index (χ1n) is 4.24. The Kier molecular flexibility index (Phi) is 9.41. The zero-order valence-corrected chi connectivity index (χ0v) is 8.99. The van der Waals surface area contributed by atoms with Crippen molar-refractivity contribution in [3.63, 3.8) is 0 Å². The largest absolute Gasteiger partial charge is 0.350 e. The van der Waals surface area contributed by atoms with Gasteiger partial charge in [0.1, 0.15) is 0 Å². The van der Waals surface area contributed by atoms with Crippen molar-refractivity contribution in [2.45, 2.75) is 13.8 Å². The SMILES string of the molecule is CCN(N=O)C(N)=O.CCN(N=O)C(N)=O. The number of urea groups is 2. The maximum absolute atomic E-state index is 10.0. The van der Waals surface area contributed by atoms with E-state index in [2.05, 4.69) is 22.0 Å². The van der Waals surface area contributed by atoms with Crippen molar-refractivity contribution in [3.05, 3.63) is 9.81 Å². The summed E-state index contributed by atoms with van der Waals surface area (Å²) in [7, 11) is 0. The van der Waals surface area contributed by atoms with E-state index in [1.54, 1.807) is 13.8 Å². The summed E-state index contributed by atoms with van der Waals surface area (Å²) in [5.41, 5.74) is 9.30. The summed E-state index contributed by atoms with van der Waals surface area (Å²) in [5.74, 6) is 0. The molecule has 16 heavy (non-hydrogen) atoms. The third-order valence-electron chi connectivity index (χ3n) is 1.30. The van der Waals surface area contributed by atoms with Gasteiger partial charge in [-0.3, -0.25) is 0 Å². The minimum Gasteiger partial charge on any atom is -0.350 e. The third kappa shape index (κ3) is 7.17. The lowest BCUT2D eigenvalue weighted by atomic mass is 10.7. The lowest BCUT2D eigenvalue weighted by Gasteiger charge is -2.03. The van der Waals surface area contributed by atoms with Crippen molar-refractivity contribution < 1.29 is 9.59 Å². The quantitative estimate of drug-likeness (QED) is 0.524. The van der Waals surface area contributed by atoms with Crippen molar-refractivity contribution in [1.82, 2.24) is 10.0 Å². The van der Waals surface area contributed by atoms with E-state index in [0.29, 0.717) is 10.0 Å². The monoisotopic (exact) mass is 234 g/mol. The maximum atomic E-state index is 10.0. The fourth-order valence-electron chi connectivity index (χ4n) is 0.508. The van der Waals surface area contributed by atoms with Crippen LogP contribution in [0.1, 0.15) is 13.8 Å². The van der Waals surface area contributed by atoms with Crippen LogP contribution in [0.15, 0.2) is 10.6 Å². The molecule has 10 heteroatoms. The predicted octanol–water partition coefficient (Wildman–Crippen LogP) is 0.137. The van der Waals surface area contributed by atoms with E-state index in [4.69, 9.17) is 0 Å². The normalized spacial score (nSPS) is 8.12. The van der Waals surface area contributed by atoms with E-state index in [1.807, 2.05) is 0 Å². The molecule has 0 aliphatic heterocycles. The summed E-state index contributed by atoms with van der Waals surface area (Å²) in [4.78, 5) is 39.1. The molecule has 0 radical (unpaired) electrons. The molecule has 0 spiro atoms. The number of hydrogen-bond acceptors (Lipinski definition) is 6. The first-order chi connectivity index (χ1) is 7.44. The van der Waals surface area contributed by atoms with Gasteiger partial charge in [-0.2, -0.15) is 10.0 Å². The van der Waals surface area contributed by atoms with Crippen molar-refractivity contribution >= 4 is 12.1 Å². The lowest BCUT2D eigenvalue weighted by molar-refractivity contribution is 0.211.